The Morgan fingerprint density at radius 3 is 2.44 bits per heavy atom. The third-order valence-corrected chi connectivity index (χ3v) is 3.51. The van der Waals surface area contributed by atoms with Crippen molar-refractivity contribution in [3.8, 4) is 0 Å². The zero-order valence-corrected chi connectivity index (χ0v) is 10.2. The smallest absolute Gasteiger partial charge is 0.306 e. The van der Waals surface area contributed by atoms with Gasteiger partial charge in [0.15, 0.2) is 0 Å². The average molecular weight is 248 g/mol. The standard InChI is InChI=1S/C13H16N2O3/c1-15(11-4-6-14-7-5-11)12(16)9-2-3-10(8-9)13(17)18/h4-7,9-10H,2-3,8H2,1H3,(H,17,18)/t9-,10+/m1/s1. The maximum atomic E-state index is 12.2. The summed E-state index contributed by atoms with van der Waals surface area (Å²) in [5.41, 5.74) is 0.786. The molecule has 0 saturated heterocycles. The normalized spacial score (nSPS) is 22.7. The van der Waals surface area contributed by atoms with Crippen molar-refractivity contribution in [1.82, 2.24) is 4.98 Å². The van der Waals surface area contributed by atoms with Crippen LogP contribution in [0.1, 0.15) is 19.3 Å². The lowest BCUT2D eigenvalue weighted by Crippen LogP contribution is -2.32. The fourth-order valence-corrected chi connectivity index (χ4v) is 2.40. The number of hydrogen-bond donors (Lipinski definition) is 1. The Hall–Kier alpha value is -1.91. The molecule has 1 aromatic heterocycles. The molecule has 1 N–H and O–H groups in total. The highest BCUT2D eigenvalue weighted by Gasteiger charge is 2.35. The van der Waals surface area contributed by atoms with Crippen LogP contribution in [-0.4, -0.2) is 29.0 Å². The molecule has 0 aliphatic heterocycles. The number of aromatic nitrogens is 1. The Labute approximate surface area is 105 Å². The van der Waals surface area contributed by atoms with E-state index in [9.17, 15) is 9.59 Å². The van der Waals surface area contributed by atoms with E-state index in [0.29, 0.717) is 19.3 Å². The van der Waals surface area contributed by atoms with E-state index in [-0.39, 0.29) is 17.7 Å². The Morgan fingerprint density at radius 2 is 1.89 bits per heavy atom. The molecule has 1 aromatic rings. The summed E-state index contributed by atoms with van der Waals surface area (Å²) < 4.78 is 0. The molecule has 1 fully saturated rings. The van der Waals surface area contributed by atoms with Gasteiger partial charge in [0, 0.05) is 31.0 Å². The summed E-state index contributed by atoms with van der Waals surface area (Å²) in [6.45, 7) is 0. The molecule has 1 amide bonds. The third-order valence-electron chi connectivity index (χ3n) is 3.51. The van der Waals surface area contributed by atoms with Gasteiger partial charge in [-0.1, -0.05) is 0 Å². The first-order chi connectivity index (χ1) is 8.59. The zero-order valence-electron chi connectivity index (χ0n) is 10.2. The van der Waals surface area contributed by atoms with Crippen molar-refractivity contribution in [2.45, 2.75) is 19.3 Å². The lowest BCUT2D eigenvalue weighted by atomic mass is 10.0. The first kappa shape index (κ1) is 12.5. The van der Waals surface area contributed by atoms with Gasteiger partial charge < -0.3 is 10.0 Å². The van der Waals surface area contributed by atoms with Crippen molar-refractivity contribution in [1.29, 1.82) is 0 Å². The summed E-state index contributed by atoms with van der Waals surface area (Å²) >= 11 is 0. The third kappa shape index (κ3) is 2.50. The number of amides is 1. The maximum absolute atomic E-state index is 12.2. The molecule has 96 valence electrons. The minimum atomic E-state index is -0.795. The summed E-state index contributed by atoms with van der Waals surface area (Å²) in [6, 6.07) is 3.53. The molecular weight excluding hydrogens is 232 g/mol. The van der Waals surface area contributed by atoms with E-state index in [1.165, 1.54) is 0 Å². The molecule has 0 spiro atoms. The van der Waals surface area contributed by atoms with Crippen LogP contribution in [0.5, 0.6) is 0 Å². The van der Waals surface area contributed by atoms with Gasteiger partial charge in [0.25, 0.3) is 0 Å². The number of aliphatic carboxylic acids is 1. The highest BCUT2D eigenvalue weighted by molar-refractivity contribution is 5.95. The van der Waals surface area contributed by atoms with Crippen LogP contribution in [0, 0.1) is 11.8 Å². The summed E-state index contributed by atoms with van der Waals surface area (Å²) in [5.74, 6) is -1.35. The number of rotatable bonds is 3. The van der Waals surface area contributed by atoms with Crippen molar-refractivity contribution in [2.24, 2.45) is 11.8 Å². The monoisotopic (exact) mass is 248 g/mol. The van der Waals surface area contributed by atoms with Crippen LogP contribution in [-0.2, 0) is 9.59 Å². The molecule has 1 aliphatic rings. The van der Waals surface area contributed by atoms with E-state index in [2.05, 4.69) is 4.98 Å². The first-order valence-electron chi connectivity index (χ1n) is 6.00. The summed E-state index contributed by atoms with van der Waals surface area (Å²) in [4.78, 5) is 28.6. The van der Waals surface area contributed by atoms with E-state index in [0.717, 1.165) is 5.69 Å². The van der Waals surface area contributed by atoms with Gasteiger partial charge in [-0.05, 0) is 31.4 Å². The first-order valence-corrected chi connectivity index (χ1v) is 6.00. The van der Waals surface area contributed by atoms with Crippen molar-refractivity contribution in [2.75, 3.05) is 11.9 Å². The number of nitrogens with zero attached hydrogens (tertiary/aromatic N) is 2. The quantitative estimate of drug-likeness (QED) is 0.881. The minimum Gasteiger partial charge on any atom is -0.481 e. The number of carbonyl (C=O) groups excluding carboxylic acids is 1. The van der Waals surface area contributed by atoms with Crippen LogP contribution in [0.15, 0.2) is 24.5 Å². The number of anilines is 1. The van der Waals surface area contributed by atoms with Gasteiger partial charge in [-0.2, -0.15) is 0 Å². The maximum Gasteiger partial charge on any atom is 0.306 e. The molecular formula is C13H16N2O3. The van der Waals surface area contributed by atoms with Crippen LogP contribution < -0.4 is 4.90 Å². The molecule has 1 aliphatic carbocycles. The molecule has 1 heterocycles. The lowest BCUT2D eigenvalue weighted by molar-refractivity contribution is -0.141. The summed E-state index contributed by atoms with van der Waals surface area (Å²) in [6.07, 6.45) is 4.96. The Morgan fingerprint density at radius 1 is 1.28 bits per heavy atom. The zero-order chi connectivity index (χ0) is 13.1. The van der Waals surface area contributed by atoms with E-state index >= 15 is 0 Å². The van der Waals surface area contributed by atoms with Gasteiger partial charge in [0.2, 0.25) is 5.91 Å². The van der Waals surface area contributed by atoms with Crippen molar-refractivity contribution >= 4 is 17.6 Å². The lowest BCUT2D eigenvalue weighted by Gasteiger charge is -2.20. The van der Waals surface area contributed by atoms with Crippen LogP contribution in [0.2, 0.25) is 0 Å². The Balaban J connectivity index is 2.02. The average Bonchev–Trinajstić information content (AvgIpc) is 2.88. The number of carbonyl (C=O) groups is 2. The van der Waals surface area contributed by atoms with Crippen molar-refractivity contribution < 1.29 is 14.7 Å². The second-order valence-electron chi connectivity index (χ2n) is 4.65. The van der Waals surface area contributed by atoms with E-state index in [4.69, 9.17) is 5.11 Å². The van der Waals surface area contributed by atoms with Crippen molar-refractivity contribution in [3.05, 3.63) is 24.5 Å². The highest BCUT2D eigenvalue weighted by Crippen LogP contribution is 2.32. The second-order valence-corrected chi connectivity index (χ2v) is 4.65. The van der Waals surface area contributed by atoms with Gasteiger partial charge in [0.05, 0.1) is 5.92 Å². The van der Waals surface area contributed by atoms with Gasteiger partial charge in [-0.25, -0.2) is 0 Å². The Kier molecular flexibility index (Phi) is 3.60. The fourth-order valence-electron chi connectivity index (χ4n) is 2.40. The van der Waals surface area contributed by atoms with Crippen molar-refractivity contribution in [3.63, 3.8) is 0 Å². The molecule has 18 heavy (non-hydrogen) atoms. The van der Waals surface area contributed by atoms with Gasteiger partial charge >= 0.3 is 5.97 Å². The Bertz CT molecular complexity index is 447. The molecule has 2 rings (SSSR count). The molecule has 0 unspecified atom stereocenters. The molecule has 1 saturated carbocycles. The van der Waals surface area contributed by atoms with Crippen LogP contribution in [0.25, 0.3) is 0 Å². The predicted octanol–water partition coefficient (Wildman–Crippen LogP) is 1.55. The fraction of sp³-hybridized carbons (Fsp3) is 0.462. The topological polar surface area (TPSA) is 70.5 Å². The van der Waals surface area contributed by atoms with E-state index in [1.807, 2.05) is 0 Å². The molecule has 5 nitrogen and oxygen atoms in total. The van der Waals surface area contributed by atoms with E-state index < -0.39 is 5.97 Å². The number of hydrogen-bond acceptors (Lipinski definition) is 3. The molecule has 0 radical (unpaired) electrons. The minimum absolute atomic E-state index is 0.00931. The number of carboxylic acids is 1. The van der Waals surface area contributed by atoms with Gasteiger partial charge in [-0.3, -0.25) is 14.6 Å². The SMILES string of the molecule is CN(C(=O)[C@@H]1CC[C@H](C(=O)O)C1)c1ccncc1. The van der Waals surface area contributed by atoms with Gasteiger partial charge in [-0.15, -0.1) is 0 Å². The molecule has 2 atom stereocenters. The van der Waals surface area contributed by atoms with Crippen LogP contribution >= 0.6 is 0 Å². The second kappa shape index (κ2) is 5.16. The molecule has 0 bridgehead atoms. The summed E-state index contributed by atoms with van der Waals surface area (Å²) in [7, 11) is 1.71. The highest BCUT2D eigenvalue weighted by atomic mass is 16.4. The van der Waals surface area contributed by atoms with Gasteiger partial charge in [0.1, 0.15) is 0 Å². The molecule has 5 heteroatoms. The largest absolute Gasteiger partial charge is 0.481 e. The van der Waals surface area contributed by atoms with Crippen LogP contribution in [0.3, 0.4) is 0 Å². The summed E-state index contributed by atoms with van der Waals surface area (Å²) in [5, 5.41) is 8.94. The van der Waals surface area contributed by atoms with E-state index in [1.54, 1.807) is 36.5 Å². The van der Waals surface area contributed by atoms with Crippen LogP contribution in [0.4, 0.5) is 5.69 Å². The predicted molar refractivity (Wildman–Crippen MR) is 66.1 cm³/mol. The molecule has 0 aromatic carbocycles. The number of carboxylic acid groups (broad SMARTS) is 1. The number of pyridine rings is 1.